The van der Waals surface area contributed by atoms with E-state index in [1.807, 2.05) is 54.7 Å². The van der Waals surface area contributed by atoms with E-state index in [0.717, 1.165) is 26.7 Å². The maximum Gasteiger partial charge on any atom is 0.184 e. The lowest BCUT2D eigenvalue weighted by Gasteiger charge is -2.11. The van der Waals surface area contributed by atoms with Crippen LogP contribution in [0.3, 0.4) is 0 Å². The van der Waals surface area contributed by atoms with Crippen molar-refractivity contribution in [3.05, 3.63) is 82.6 Å². The van der Waals surface area contributed by atoms with Crippen molar-refractivity contribution in [3.8, 4) is 0 Å². The minimum Gasteiger partial charge on any atom is -0.468 e. The molecule has 0 radical (unpaired) electrons. The minimum absolute atomic E-state index is 0.0308. The summed E-state index contributed by atoms with van der Waals surface area (Å²) in [6, 6.07) is 15.5. The van der Waals surface area contributed by atoms with Gasteiger partial charge in [-0.15, -0.1) is 0 Å². The van der Waals surface area contributed by atoms with Crippen LogP contribution in [0.5, 0.6) is 0 Å². The van der Waals surface area contributed by atoms with Crippen molar-refractivity contribution in [2.45, 2.75) is 11.3 Å². The van der Waals surface area contributed by atoms with Crippen LogP contribution in [0.4, 0.5) is 0 Å². The zero-order valence-electron chi connectivity index (χ0n) is 12.5. The lowest BCUT2D eigenvalue weighted by Crippen LogP contribution is -1.99. The van der Waals surface area contributed by atoms with E-state index in [2.05, 4.69) is 20.9 Å². The number of amidine groups is 1. The van der Waals surface area contributed by atoms with Gasteiger partial charge in [-0.1, -0.05) is 39.8 Å². The van der Waals surface area contributed by atoms with Gasteiger partial charge in [0.2, 0.25) is 0 Å². The van der Waals surface area contributed by atoms with Crippen LogP contribution in [0.25, 0.3) is 0 Å². The molecular weight excluding hydrogens is 388 g/mol. The topological polar surface area (TPSA) is 51.0 Å². The van der Waals surface area contributed by atoms with Gasteiger partial charge in [-0.2, -0.15) is 0 Å². The summed E-state index contributed by atoms with van der Waals surface area (Å²) in [5.74, 6) is 1.69. The van der Waals surface area contributed by atoms with Gasteiger partial charge in [0.1, 0.15) is 22.8 Å². The number of halogens is 1. The van der Waals surface area contributed by atoms with Crippen LogP contribution in [-0.4, -0.2) is 11.4 Å². The zero-order chi connectivity index (χ0) is 16.4. The first-order valence-electron chi connectivity index (χ1n) is 7.40. The molecule has 1 aliphatic rings. The summed E-state index contributed by atoms with van der Waals surface area (Å²) in [5.41, 5.74) is 1.03. The molecule has 2 atom stereocenters. The molecule has 1 aromatic carbocycles. The van der Waals surface area contributed by atoms with Crippen molar-refractivity contribution in [1.29, 1.82) is 0 Å². The Hall–Kier alpha value is -2.05. The predicted octanol–water partition coefficient (Wildman–Crippen LogP) is 5.64. The molecule has 3 heterocycles. The van der Waals surface area contributed by atoms with Gasteiger partial charge in [0, 0.05) is 10.7 Å². The molecule has 0 saturated heterocycles. The van der Waals surface area contributed by atoms with E-state index < -0.39 is 0 Å². The zero-order valence-corrected chi connectivity index (χ0v) is 14.9. The number of nitrogens with zero attached hydrogens (tertiary/aromatic N) is 2. The number of hydrogen-bond acceptors (Lipinski definition) is 5. The summed E-state index contributed by atoms with van der Waals surface area (Å²) in [7, 11) is 0. The molecule has 0 bridgehead atoms. The molecule has 4 rings (SSSR count). The molecular formula is C18H13BrN2O2S. The largest absolute Gasteiger partial charge is 0.468 e. The van der Waals surface area contributed by atoms with E-state index in [1.54, 1.807) is 24.3 Å². The summed E-state index contributed by atoms with van der Waals surface area (Å²) in [4.78, 5) is 9.25. The van der Waals surface area contributed by atoms with Gasteiger partial charge in [-0.05, 0) is 42.0 Å². The van der Waals surface area contributed by atoms with Crippen molar-refractivity contribution >= 4 is 39.1 Å². The van der Waals surface area contributed by atoms with E-state index >= 15 is 0 Å². The lowest BCUT2D eigenvalue weighted by atomic mass is 10.1. The summed E-state index contributed by atoms with van der Waals surface area (Å²) in [6.07, 6.45) is 5.16. The average molecular weight is 401 g/mol. The summed E-state index contributed by atoms with van der Waals surface area (Å²) < 4.78 is 12.2. The Labute approximate surface area is 151 Å². The van der Waals surface area contributed by atoms with E-state index in [1.165, 1.54) is 0 Å². The maximum absolute atomic E-state index is 5.58. The van der Waals surface area contributed by atoms with E-state index in [9.17, 15) is 0 Å². The first kappa shape index (κ1) is 15.5. The molecule has 0 saturated carbocycles. The molecule has 0 aliphatic carbocycles. The molecule has 120 valence electrons. The Morgan fingerprint density at radius 2 is 1.71 bits per heavy atom. The van der Waals surface area contributed by atoms with Gasteiger partial charge < -0.3 is 8.83 Å². The highest BCUT2D eigenvalue weighted by molar-refractivity contribution is 9.10. The Morgan fingerprint density at radius 3 is 2.38 bits per heavy atom. The summed E-state index contributed by atoms with van der Waals surface area (Å²) in [5, 5.41) is 0.754. The highest BCUT2D eigenvalue weighted by atomic mass is 79.9. The second-order valence-corrected chi connectivity index (χ2v) is 7.26. The fraction of sp³-hybridized carbons (Fsp3) is 0.111. The van der Waals surface area contributed by atoms with Crippen molar-refractivity contribution in [2.75, 3.05) is 0 Å². The molecule has 2 aromatic heterocycles. The third-order valence-electron chi connectivity index (χ3n) is 3.62. The smallest absolute Gasteiger partial charge is 0.184 e. The average Bonchev–Trinajstić information content (AvgIpc) is 3.33. The van der Waals surface area contributed by atoms with Gasteiger partial charge in [0.05, 0.1) is 12.5 Å². The number of furan rings is 2. The molecule has 0 fully saturated rings. The monoisotopic (exact) mass is 400 g/mol. The normalized spacial score (nSPS) is 20.6. The van der Waals surface area contributed by atoms with Crippen LogP contribution in [0.2, 0.25) is 0 Å². The van der Waals surface area contributed by atoms with Gasteiger partial charge >= 0.3 is 0 Å². The van der Waals surface area contributed by atoms with Crippen molar-refractivity contribution in [3.63, 3.8) is 0 Å². The third kappa shape index (κ3) is 3.25. The summed E-state index contributed by atoms with van der Waals surface area (Å²) in [6.45, 7) is 0. The van der Waals surface area contributed by atoms with Crippen LogP contribution in [0.15, 0.2) is 84.3 Å². The van der Waals surface area contributed by atoms with Crippen molar-refractivity contribution in [2.24, 2.45) is 9.98 Å². The maximum atomic E-state index is 5.58. The quantitative estimate of drug-likeness (QED) is 0.534. The Bertz CT molecular complexity index is 855. The molecule has 0 spiro atoms. The molecule has 24 heavy (non-hydrogen) atoms. The molecule has 6 heteroatoms. The van der Waals surface area contributed by atoms with Crippen LogP contribution in [-0.2, 0) is 0 Å². The van der Waals surface area contributed by atoms with Gasteiger partial charge in [0.15, 0.2) is 5.17 Å². The number of thioether (sulfide) groups is 1. The SMILES string of the molecule is Brc1ccc(C=NC2=N[C@H](c3ccco3)[C@@H](c3ccco3)S2)cc1. The number of rotatable bonds is 3. The highest BCUT2D eigenvalue weighted by Crippen LogP contribution is 2.48. The number of hydrogen-bond donors (Lipinski definition) is 0. The van der Waals surface area contributed by atoms with Crippen LogP contribution in [0.1, 0.15) is 28.4 Å². The van der Waals surface area contributed by atoms with Gasteiger partial charge in [0.25, 0.3) is 0 Å². The molecule has 4 nitrogen and oxygen atoms in total. The molecule has 0 amide bonds. The third-order valence-corrected chi connectivity index (χ3v) is 5.32. The first-order valence-corrected chi connectivity index (χ1v) is 9.08. The second-order valence-electron chi connectivity index (χ2n) is 5.24. The lowest BCUT2D eigenvalue weighted by molar-refractivity contribution is 0.432. The molecule has 0 N–H and O–H groups in total. The standard InChI is InChI=1S/C18H13BrN2O2S/c19-13-7-5-12(6-8-13)11-20-18-21-16(14-3-1-9-22-14)17(24-18)15-4-2-10-23-15/h1-11,16-17H/t16-,17-/m1/s1. The van der Waals surface area contributed by atoms with Crippen LogP contribution in [0, 0.1) is 0 Å². The summed E-state index contributed by atoms with van der Waals surface area (Å²) >= 11 is 5.02. The Kier molecular flexibility index (Phi) is 4.40. The van der Waals surface area contributed by atoms with Crippen LogP contribution >= 0.6 is 27.7 Å². The minimum atomic E-state index is -0.131. The van der Waals surface area contributed by atoms with E-state index in [4.69, 9.17) is 13.8 Å². The van der Waals surface area contributed by atoms with Crippen molar-refractivity contribution < 1.29 is 8.83 Å². The van der Waals surface area contributed by atoms with Crippen LogP contribution < -0.4 is 0 Å². The first-order chi connectivity index (χ1) is 11.8. The Morgan fingerprint density at radius 1 is 1.00 bits per heavy atom. The highest BCUT2D eigenvalue weighted by Gasteiger charge is 2.36. The molecule has 0 unspecified atom stereocenters. The predicted molar refractivity (Wildman–Crippen MR) is 99.7 cm³/mol. The fourth-order valence-electron chi connectivity index (χ4n) is 2.48. The van der Waals surface area contributed by atoms with Gasteiger partial charge in [-0.3, -0.25) is 0 Å². The Balaban J connectivity index is 1.59. The molecule has 1 aliphatic heterocycles. The van der Waals surface area contributed by atoms with E-state index in [-0.39, 0.29) is 11.3 Å². The van der Waals surface area contributed by atoms with Gasteiger partial charge in [-0.25, -0.2) is 9.98 Å². The second kappa shape index (κ2) is 6.83. The van der Waals surface area contributed by atoms with E-state index in [0.29, 0.717) is 0 Å². The molecule has 3 aromatic rings. The number of aliphatic imine (C=N–C) groups is 2. The van der Waals surface area contributed by atoms with Crippen molar-refractivity contribution in [1.82, 2.24) is 0 Å². The number of benzene rings is 1. The fourth-order valence-corrected chi connectivity index (χ4v) is 3.83.